The first kappa shape index (κ1) is 18.6. The molecule has 7 heteroatoms. The van der Waals surface area contributed by atoms with Crippen molar-refractivity contribution in [3.05, 3.63) is 29.8 Å². The Hall–Kier alpha value is -1.44. The van der Waals surface area contributed by atoms with Crippen molar-refractivity contribution in [1.82, 2.24) is 4.72 Å². The van der Waals surface area contributed by atoms with Crippen LogP contribution in [0.5, 0.6) is 0 Å². The van der Waals surface area contributed by atoms with E-state index in [1.807, 2.05) is 13.8 Å². The van der Waals surface area contributed by atoms with Gasteiger partial charge in [-0.1, -0.05) is 26.0 Å². The molecule has 0 amide bonds. The van der Waals surface area contributed by atoms with Gasteiger partial charge in [-0.15, -0.1) is 0 Å². The summed E-state index contributed by atoms with van der Waals surface area (Å²) < 4.78 is 32.6. The highest BCUT2D eigenvalue weighted by atomic mass is 32.2. The molecule has 0 spiro atoms. The van der Waals surface area contributed by atoms with E-state index in [-0.39, 0.29) is 22.9 Å². The summed E-state index contributed by atoms with van der Waals surface area (Å²) in [7, 11) is -2.68. The summed E-state index contributed by atoms with van der Waals surface area (Å²) in [5.74, 6) is -0.425. The minimum Gasteiger partial charge on any atom is -0.465 e. The number of hydrogen-bond acceptors (Lipinski definition) is 5. The van der Waals surface area contributed by atoms with Crippen LogP contribution >= 0.6 is 0 Å². The smallest absolute Gasteiger partial charge is 0.339 e. The average Bonchev–Trinajstić information content (AvgIpc) is 2.45. The van der Waals surface area contributed by atoms with Crippen molar-refractivity contribution < 1.29 is 17.9 Å². The number of carbonyl (C=O) groups excluding carboxylic acids is 1. The Kier molecular flexibility index (Phi) is 6.10. The van der Waals surface area contributed by atoms with Gasteiger partial charge in [0, 0.05) is 12.1 Å². The molecule has 0 heterocycles. The van der Waals surface area contributed by atoms with Crippen molar-refractivity contribution >= 4 is 16.0 Å². The molecule has 0 saturated carbocycles. The van der Waals surface area contributed by atoms with Gasteiger partial charge in [0.25, 0.3) is 0 Å². The fraction of sp³-hybridized carbons (Fsp3) is 0.533. The molecule has 3 N–H and O–H groups in total. The second-order valence-electron chi connectivity index (χ2n) is 5.96. The Balaban J connectivity index is 3.23. The van der Waals surface area contributed by atoms with Crippen LogP contribution in [0.25, 0.3) is 0 Å². The molecule has 1 rings (SSSR count). The van der Waals surface area contributed by atoms with E-state index >= 15 is 0 Å². The first-order valence-corrected chi connectivity index (χ1v) is 8.55. The lowest BCUT2D eigenvalue weighted by atomic mass is 9.92. The van der Waals surface area contributed by atoms with Gasteiger partial charge in [-0.05, 0) is 31.4 Å². The number of methoxy groups -OCH3 is 1. The van der Waals surface area contributed by atoms with E-state index < -0.39 is 21.5 Å². The van der Waals surface area contributed by atoms with Crippen molar-refractivity contribution in [3.63, 3.8) is 0 Å². The maximum absolute atomic E-state index is 12.7. The highest BCUT2D eigenvalue weighted by molar-refractivity contribution is 7.89. The number of esters is 1. The molecule has 0 aliphatic heterocycles. The number of nitrogens with one attached hydrogen (secondary N) is 1. The zero-order valence-corrected chi connectivity index (χ0v) is 14.2. The van der Waals surface area contributed by atoms with E-state index in [2.05, 4.69) is 9.46 Å². The SMILES string of the molecule is COC(=O)c1ccccc1S(=O)(=O)NC(C)(CN)CC(C)C. The van der Waals surface area contributed by atoms with Crippen LogP contribution in [0.2, 0.25) is 0 Å². The standard InChI is InChI=1S/C15H24N2O4S/c1-11(2)9-15(3,10-16)17-22(19,20)13-8-6-5-7-12(13)14(18)21-4/h5-8,11,17H,9-10,16H2,1-4H3. The second-order valence-corrected chi connectivity index (χ2v) is 7.61. The molecule has 1 unspecified atom stereocenters. The summed E-state index contributed by atoms with van der Waals surface area (Å²) in [6.45, 7) is 5.89. The molecule has 6 nitrogen and oxygen atoms in total. The van der Waals surface area contributed by atoms with Gasteiger partial charge in [-0.25, -0.2) is 17.9 Å². The third-order valence-corrected chi connectivity index (χ3v) is 4.97. The molecular weight excluding hydrogens is 304 g/mol. The van der Waals surface area contributed by atoms with Gasteiger partial charge >= 0.3 is 5.97 Å². The van der Waals surface area contributed by atoms with E-state index in [0.717, 1.165) is 0 Å². The number of rotatable bonds is 7. The summed E-state index contributed by atoms with van der Waals surface area (Å²) in [5, 5.41) is 0. The lowest BCUT2D eigenvalue weighted by molar-refractivity contribution is 0.0596. The first-order chi connectivity index (χ1) is 10.1. The molecular formula is C15H24N2O4S. The predicted octanol–water partition coefficient (Wildman–Crippen LogP) is 1.51. The summed E-state index contributed by atoms with van der Waals surface area (Å²) >= 11 is 0. The summed E-state index contributed by atoms with van der Waals surface area (Å²) in [4.78, 5) is 11.6. The van der Waals surface area contributed by atoms with E-state index in [9.17, 15) is 13.2 Å². The van der Waals surface area contributed by atoms with E-state index in [1.165, 1.54) is 19.2 Å². The van der Waals surface area contributed by atoms with Crippen LogP contribution in [0.1, 0.15) is 37.6 Å². The van der Waals surface area contributed by atoms with Gasteiger partial charge in [0.15, 0.2) is 0 Å². The topological polar surface area (TPSA) is 98.5 Å². The monoisotopic (exact) mass is 328 g/mol. The van der Waals surface area contributed by atoms with Gasteiger partial charge < -0.3 is 10.5 Å². The molecule has 0 fully saturated rings. The van der Waals surface area contributed by atoms with Crippen LogP contribution in [0.15, 0.2) is 29.2 Å². The van der Waals surface area contributed by atoms with E-state index in [1.54, 1.807) is 19.1 Å². The number of nitrogens with two attached hydrogens (primary N) is 1. The van der Waals surface area contributed by atoms with E-state index in [4.69, 9.17) is 5.73 Å². The fourth-order valence-electron chi connectivity index (χ4n) is 2.43. The Morgan fingerprint density at radius 3 is 2.45 bits per heavy atom. The molecule has 1 aromatic carbocycles. The maximum atomic E-state index is 12.7. The highest BCUT2D eigenvalue weighted by Crippen LogP contribution is 2.22. The number of benzene rings is 1. The molecule has 0 aliphatic carbocycles. The largest absolute Gasteiger partial charge is 0.465 e. The lowest BCUT2D eigenvalue weighted by Crippen LogP contribution is -2.52. The van der Waals surface area contributed by atoms with E-state index in [0.29, 0.717) is 6.42 Å². The van der Waals surface area contributed by atoms with Crippen LogP contribution < -0.4 is 10.5 Å². The van der Waals surface area contributed by atoms with Gasteiger partial charge in [0.1, 0.15) is 0 Å². The molecule has 1 atom stereocenters. The van der Waals surface area contributed by atoms with Crippen LogP contribution in [0.4, 0.5) is 0 Å². The lowest BCUT2D eigenvalue weighted by Gasteiger charge is -2.31. The Bertz CT molecular complexity index is 628. The molecule has 124 valence electrons. The molecule has 0 saturated heterocycles. The maximum Gasteiger partial charge on any atom is 0.339 e. The molecule has 0 bridgehead atoms. The van der Waals surface area contributed by atoms with Crippen molar-refractivity contribution in [3.8, 4) is 0 Å². The van der Waals surface area contributed by atoms with Gasteiger partial charge in [-0.2, -0.15) is 0 Å². The van der Waals surface area contributed by atoms with Crippen LogP contribution in [0, 0.1) is 5.92 Å². The van der Waals surface area contributed by atoms with Crippen LogP contribution in [-0.4, -0.2) is 33.6 Å². The fourth-order valence-corrected chi connectivity index (χ4v) is 4.05. The molecule has 0 aliphatic rings. The summed E-state index contributed by atoms with van der Waals surface area (Å²) in [6.07, 6.45) is 0.586. The Labute approximate surface area is 132 Å². The summed E-state index contributed by atoms with van der Waals surface area (Å²) in [6, 6.07) is 5.94. The quantitative estimate of drug-likeness (QED) is 0.739. The number of ether oxygens (including phenoxy) is 1. The highest BCUT2D eigenvalue weighted by Gasteiger charge is 2.32. The second kappa shape index (κ2) is 7.21. The van der Waals surface area contributed by atoms with Crippen molar-refractivity contribution in [2.75, 3.05) is 13.7 Å². The molecule has 22 heavy (non-hydrogen) atoms. The van der Waals surface area contributed by atoms with Gasteiger partial charge in [0.2, 0.25) is 10.0 Å². The minimum atomic E-state index is -3.89. The minimum absolute atomic E-state index is 0.00131. The molecule has 1 aromatic rings. The third-order valence-electron chi connectivity index (χ3n) is 3.27. The normalized spacial score (nSPS) is 14.6. The molecule has 0 radical (unpaired) electrons. The Morgan fingerprint density at radius 1 is 1.36 bits per heavy atom. The number of hydrogen-bond donors (Lipinski definition) is 2. The van der Waals surface area contributed by atoms with Crippen molar-refractivity contribution in [1.29, 1.82) is 0 Å². The Morgan fingerprint density at radius 2 is 1.95 bits per heavy atom. The van der Waals surface area contributed by atoms with Gasteiger partial charge in [-0.3, -0.25) is 0 Å². The van der Waals surface area contributed by atoms with Crippen molar-refractivity contribution in [2.45, 2.75) is 37.6 Å². The average molecular weight is 328 g/mol. The molecule has 0 aromatic heterocycles. The third kappa shape index (κ3) is 4.53. The zero-order valence-electron chi connectivity index (χ0n) is 13.4. The first-order valence-electron chi connectivity index (χ1n) is 7.06. The van der Waals surface area contributed by atoms with Crippen LogP contribution in [-0.2, 0) is 14.8 Å². The van der Waals surface area contributed by atoms with Crippen LogP contribution in [0.3, 0.4) is 0 Å². The zero-order chi connectivity index (χ0) is 17.0. The number of carbonyl (C=O) groups is 1. The number of sulfonamides is 1. The van der Waals surface area contributed by atoms with Gasteiger partial charge in [0.05, 0.1) is 17.6 Å². The summed E-state index contributed by atoms with van der Waals surface area (Å²) in [5.41, 5.74) is 4.97. The van der Waals surface area contributed by atoms with Crippen molar-refractivity contribution in [2.24, 2.45) is 11.7 Å². The predicted molar refractivity (Wildman–Crippen MR) is 85.0 cm³/mol.